The highest BCUT2D eigenvalue weighted by molar-refractivity contribution is 5.94. The molecule has 2 saturated heterocycles. The highest BCUT2D eigenvalue weighted by atomic mass is 16.5. The predicted octanol–water partition coefficient (Wildman–Crippen LogP) is 3.47. The normalized spacial score (nSPS) is 23.3. The van der Waals surface area contributed by atoms with Gasteiger partial charge < -0.3 is 15.0 Å². The van der Waals surface area contributed by atoms with Crippen molar-refractivity contribution >= 4 is 5.91 Å². The molecule has 4 heteroatoms. The lowest BCUT2D eigenvalue weighted by atomic mass is 9.73. The minimum atomic E-state index is 0.168. The van der Waals surface area contributed by atoms with Crippen LogP contribution in [0.1, 0.15) is 55.3 Å². The molecule has 0 atom stereocenters. The van der Waals surface area contributed by atoms with E-state index in [4.69, 9.17) is 4.74 Å². The van der Waals surface area contributed by atoms with Gasteiger partial charge in [-0.2, -0.15) is 0 Å². The standard InChI is InChI=1S/C21H30N2O2/c24-20(23-12-10-21(11-13-23)15-22-16-21)18-6-8-19(9-7-18)25-14-17-4-2-1-3-5-17/h6-9,17,22H,1-5,10-16H2. The van der Waals surface area contributed by atoms with E-state index in [0.717, 1.165) is 56.9 Å². The van der Waals surface area contributed by atoms with Gasteiger partial charge in [0.05, 0.1) is 6.61 Å². The second-order valence-electron chi connectivity index (χ2n) is 8.24. The number of hydrogen-bond donors (Lipinski definition) is 1. The minimum absolute atomic E-state index is 0.168. The zero-order valence-corrected chi connectivity index (χ0v) is 15.1. The molecule has 3 aliphatic rings. The van der Waals surface area contributed by atoms with Gasteiger partial charge in [0.1, 0.15) is 5.75 Å². The zero-order valence-electron chi connectivity index (χ0n) is 15.1. The lowest BCUT2D eigenvalue weighted by molar-refractivity contribution is 0.0414. The number of carbonyl (C=O) groups excluding carboxylic acids is 1. The molecule has 25 heavy (non-hydrogen) atoms. The van der Waals surface area contributed by atoms with E-state index < -0.39 is 0 Å². The van der Waals surface area contributed by atoms with Crippen molar-refractivity contribution in [3.05, 3.63) is 29.8 Å². The molecule has 1 aliphatic carbocycles. The number of nitrogens with zero attached hydrogens (tertiary/aromatic N) is 1. The van der Waals surface area contributed by atoms with Gasteiger partial charge in [-0.05, 0) is 61.3 Å². The van der Waals surface area contributed by atoms with Crippen LogP contribution < -0.4 is 10.1 Å². The van der Waals surface area contributed by atoms with E-state index in [0.29, 0.717) is 11.3 Å². The number of piperidine rings is 1. The second-order valence-corrected chi connectivity index (χ2v) is 8.24. The van der Waals surface area contributed by atoms with Gasteiger partial charge >= 0.3 is 0 Å². The number of carbonyl (C=O) groups is 1. The predicted molar refractivity (Wildman–Crippen MR) is 99.0 cm³/mol. The molecule has 1 aromatic rings. The molecule has 0 radical (unpaired) electrons. The summed E-state index contributed by atoms with van der Waals surface area (Å²) in [6.07, 6.45) is 8.92. The maximum Gasteiger partial charge on any atom is 0.253 e. The average molecular weight is 342 g/mol. The summed E-state index contributed by atoms with van der Waals surface area (Å²) in [5, 5.41) is 3.37. The molecule has 1 N–H and O–H groups in total. The van der Waals surface area contributed by atoms with E-state index in [1.54, 1.807) is 0 Å². The summed E-state index contributed by atoms with van der Waals surface area (Å²) in [5.41, 5.74) is 1.26. The van der Waals surface area contributed by atoms with Crippen molar-refractivity contribution < 1.29 is 9.53 Å². The van der Waals surface area contributed by atoms with Gasteiger partial charge in [-0.15, -0.1) is 0 Å². The highest BCUT2D eigenvalue weighted by Crippen LogP contribution is 2.35. The Kier molecular flexibility index (Phi) is 4.98. The first kappa shape index (κ1) is 16.9. The van der Waals surface area contributed by atoms with E-state index >= 15 is 0 Å². The second kappa shape index (κ2) is 7.36. The molecule has 2 aliphatic heterocycles. The van der Waals surface area contributed by atoms with Crippen LogP contribution in [-0.4, -0.2) is 43.6 Å². The first-order valence-corrected chi connectivity index (χ1v) is 9.97. The van der Waals surface area contributed by atoms with Crippen molar-refractivity contribution in [3.63, 3.8) is 0 Å². The van der Waals surface area contributed by atoms with Gasteiger partial charge in [-0.25, -0.2) is 0 Å². The molecule has 0 aromatic heterocycles. The fraction of sp³-hybridized carbons (Fsp3) is 0.667. The zero-order chi connectivity index (χ0) is 17.1. The summed E-state index contributed by atoms with van der Waals surface area (Å²) in [6, 6.07) is 7.76. The lowest BCUT2D eigenvalue weighted by Gasteiger charge is -2.48. The maximum absolute atomic E-state index is 12.7. The van der Waals surface area contributed by atoms with Crippen molar-refractivity contribution in [1.29, 1.82) is 0 Å². The van der Waals surface area contributed by atoms with Crippen LogP contribution >= 0.6 is 0 Å². The molecule has 0 unspecified atom stereocenters. The topological polar surface area (TPSA) is 41.6 Å². The Labute approximate surface area is 150 Å². The molecule has 136 valence electrons. The molecule has 1 amide bonds. The summed E-state index contributed by atoms with van der Waals surface area (Å²) >= 11 is 0. The van der Waals surface area contributed by atoms with Crippen molar-refractivity contribution in [1.82, 2.24) is 10.2 Å². The van der Waals surface area contributed by atoms with Crippen LogP contribution in [0.25, 0.3) is 0 Å². The fourth-order valence-electron chi connectivity index (χ4n) is 4.46. The van der Waals surface area contributed by atoms with Gasteiger partial charge in [-0.3, -0.25) is 4.79 Å². The van der Waals surface area contributed by atoms with Gasteiger partial charge in [0.2, 0.25) is 0 Å². The highest BCUT2D eigenvalue weighted by Gasteiger charge is 2.40. The van der Waals surface area contributed by atoms with E-state index in [1.807, 2.05) is 29.2 Å². The van der Waals surface area contributed by atoms with Crippen molar-refractivity contribution in [2.24, 2.45) is 11.3 Å². The Hall–Kier alpha value is -1.55. The molecule has 4 rings (SSSR count). The van der Waals surface area contributed by atoms with Gasteiger partial charge in [0.25, 0.3) is 5.91 Å². The summed E-state index contributed by atoms with van der Waals surface area (Å²) in [4.78, 5) is 14.7. The number of likely N-dealkylation sites (tertiary alicyclic amines) is 1. The Morgan fingerprint density at radius 3 is 2.36 bits per heavy atom. The molecule has 1 saturated carbocycles. The van der Waals surface area contributed by atoms with Gasteiger partial charge in [0.15, 0.2) is 0 Å². The van der Waals surface area contributed by atoms with Crippen LogP contribution in [0.15, 0.2) is 24.3 Å². The summed E-state index contributed by atoms with van der Waals surface area (Å²) in [5.74, 6) is 1.76. The third kappa shape index (κ3) is 3.84. The molecule has 1 aromatic carbocycles. The van der Waals surface area contributed by atoms with Gasteiger partial charge in [-0.1, -0.05) is 19.3 Å². The van der Waals surface area contributed by atoms with Crippen LogP contribution in [-0.2, 0) is 0 Å². The largest absolute Gasteiger partial charge is 0.493 e. The monoisotopic (exact) mass is 342 g/mol. The van der Waals surface area contributed by atoms with Crippen molar-refractivity contribution in [2.45, 2.75) is 44.9 Å². The van der Waals surface area contributed by atoms with Crippen LogP contribution in [0.4, 0.5) is 0 Å². The first-order valence-electron chi connectivity index (χ1n) is 9.97. The molecular formula is C21H30N2O2. The Balaban J connectivity index is 1.28. The third-order valence-electron chi connectivity index (χ3n) is 6.42. The van der Waals surface area contributed by atoms with E-state index in [-0.39, 0.29) is 5.91 Å². The van der Waals surface area contributed by atoms with E-state index in [9.17, 15) is 4.79 Å². The molecule has 3 fully saturated rings. The summed E-state index contributed by atoms with van der Waals surface area (Å²) < 4.78 is 5.94. The summed E-state index contributed by atoms with van der Waals surface area (Å²) in [6.45, 7) is 4.85. The van der Waals surface area contributed by atoms with Crippen LogP contribution in [0.5, 0.6) is 5.75 Å². The van der Waals surface area contributed by atoms with E-state index in [1.165, 1.54) is 32.1 Å². The maximum atomic E-state index is 12.7. The smallest absolute Gasteiger partial charge is 0.253 e. The van der Waals surface area contributed by atoms with Gasteiger partial charge in [0, 0.05) is 31.7 Å². The lowest BCUT2D eigenvalue weighted by Crippen LogP contribution is -2.58. The Bertz CT molecular complexity index is 578. The fourth-order valence-corrected chi connectivity index (χ4v) is 4.46. The van der Waals surface area contributed by atoms with E-state index in [2.05, 4.69) is 5.32 Å². The van der Waals surface area contributed by atoms with Crippen molar-refractivity contribution in [2.75, 3.05) is 32.8 Å². The number of ether oxygens (including phenoxy) is 1. The molecule has 0 bridgehead atoms. The number of amides is 1. The number of rotatable bonds is 4. The molecular weight excluding hydrogens is 312 g/mol. The Morgan fingerprint density at radius 2 is 1.76 bits per heavy atom. The Morgan fingerprint density at radius 1 is 1.08 bits per heavy atom. The number of nitrogens with one attached hydrogen (secondary N) is 1. The molecule has 2 heterocycles. The van der Waals surface area contributed by atoms with Crippen LogP contribution in [0.3, 0.4) is 0 Å². The SMILES string of the molecule is O=C(c1ccc(OCC2CCCCC2)cc1)N1CCC2(CC1)CNC2. The quantitative estimate of drug-likeness (QED) is 0.911. The summed E-state index contributed by atoms with van der Waals surface area (Å²) in [7, 11) is 0. The average Bonchev–Trinajstić information content (AvgIpc) is 2.66. The number of benzene rings is 1. The third-order valence-corrected chi connectivity index (χ3v) is 6.42. The molecule has 1 spiro atoms. The van der Waals surface area contributed by atoms with Crippen molar-refractivity contribution in [3.8, 4) is 5.75 Å². The molecule has 4 nitrogen and oxygen atoms in total. The minimum Gasteiger partial charge on any atom is -0.493 e. The van der Waals surface area contributed by atoms with Crippen LogP contribution in [0, 0.1) is 11.3 Å². The van der Waals surface area contributed by atoms with Crippen LogP contribution in [0.2, 0.25) is 0 Å². The number of hydrogen-bond acceptors (Lipinski definition) is 3. The first-order chi connectivity index (χ1) is 12.2.